The van der Waals surface area contributed by atoms with Gasteiger partial charge in [0.25, 0.3) is 0 Å². The first-order chi connectivity index (χ1) is 13.0. The zero-order chi connectivity index (χ0) is 19.6. The first kappa shape index (κ1) is 20.4. The van der Waals surface area contributed by atoms with Gasteiger partial charge in [-0.25, -0.2) is 4.39 Å². The van der Waals surface area contributed by atoms with E-state index in [-0.39, 0.29) is 23.9 Å². The van der Waals surface area contributed by atoms with Crippen molar-refractivity contribution in [3.05, 3.63) is 59.4 Å². The van der Waals surface area contributed by atoms with Crippen LogP contribution in [0.15, 0.2) is 47.5 Å². The van der Waals surface area contributed by atoms with Gasteiger partial charge in [-0.2, -0.15) is 8.78 Å². The highest BCUT2D eigenvalue weighted by Crippen LogP contribution is 2.32. The Morgan fingerprint density at radius 2 is 1.78 bits per heavy atom. The second-order valence-electron chi connectivity index (χ2n) is 5.46. The van der Waals surface area contributed by atoms with Gasteiger partial charge in [-0.1, -0.05) is 24.3 Å². The van der Waals surface area contributed by atoms with E-state index in [1.54, 1.807) is 44.3 Å². The average molecular weight is 381 g/mol. The van der Waals surface area contributed by atoms with Crippen molar-refractivity contribution < 1.29 is 22.6 Å². The van der Waals surface area contributed by atoms with E-state index in [0.29, 0.717) is 24.7 Å². The lowest BCUT2D eigenvalue weighted by molar-refractivity contribution is -0.0520. The fourth-order valence-electron chi connectivity index (χ4n) is 2.38. The molecule has 2 aromatic rings. The van der Waals surface area contributed by atoms with Crippen molar-refractivity contribution in [2.24, 2.45) is 4.99 Å². The second-order valence-corrected chi connectivity index (χ2v) is 5.46. The molecule has 0 aliphatic carbocycles. The largest absolute Gasteiger partial charge is 0.490 e. The molecule has 0 bridgehead atoms. The van der Waals surface area contributed by atoms with E-state index in [0.717, 1.165) is 5.56 Å². The van der Waals surface area contributed by atoms with Crippen LogP contribution in [0.25, 0.3) is 0 Å². The summed E-state index contributed by atoms with van der Waals surface area (Å²) >= 11 is 0. The molecule has 0 amide bonds. The molecular weight excluding hydrogens is 359 g/mol. The molecule has 2 N–H and O–H groups in total. The molecule has 0 heterocycles. The van der Waals surface area contributed by atoms with Crippen LogP contribution in [0.4, 0.5) is 13.2 Å². The van der Waals surface area contributed by atoms with E-state index in [9.17, 15) is 13.2 Å². The maximum atomic E-state index is 12.9. The molecule has 0 fully saturated rings. The summed E-state index contributed by atoms with van der Waals surface area (Å²) in [6, 6.07) is 11.0. The standard InChI is InChI=1S/C19H22F3N3O2/c1-3-26-16-6-4-5-14(17(16)27-18(21)22)12-25-19(23-2)24-11-13-7-9-15(20)10-8-13/h4-10,18H,3,11-12H2,1-2H3,(H2,23,24,25). The predicted molar refractivity (Wildman–Crippen MR) is 97.7 cm³/mol. The summed E-state index contributed by atoms with van der Waals surface area (Å²) < 4.78 is 48.5. The van der Waals surface area contributed by atoms with E-state index in [4.69, 9.17) is 4.74 Å². The molecule has 0 atom stereocenters. The summed E-state index contributed by atoms with van der Waals surface area (Å²) in [5, 5.41) is 6.11. The van der Waals surface area contributed by atoms with Gasteiger partial charge >= 0.3 is 6.61 Å². The number of hydrogen-bond donors (Lipinski definition) is 2. The van der Waals surface area contributed by atoms with Crippen LogP contribution in [-0.2, 0) is 13.1 Å². The molecule has 0 saturated heterocycles. The summed E-state index contributed by atoms with van der Waals surface area (Å²) in [6.07, 6.45) is 0. The molecule has 0 aromatic heterocycles. The highest BCUT2D eigenvalue weighted by Gasteiger charge is 2.16. The van der Waals surface area contributed by atoms with Gasteiger partial charge in [0.2, 0.25) is 0 Å². The molecule has 0 saturated carbocycles. The molecule has 5 nitrogen and oxygen atoms in total. The normalized spacial score (nSPS) is 11.4. The minimum atomic E-state index is -2.96. The quantitative estimate of drug-likeness (QED) is 0.541. The summed E-state index contributed by atoms with van der Waals surface area (Å²) in [6.45, 7) is -0.234. The third kappa shape index (κ3) is 6.40. The van der Waals surface area contributed by atoms with E-state index in [1.807, 2.05) is 0 Å². The number of aliphatic imine (C=N–C) groups is 1. The number of guanidine groups is 1. The van der Waals surface area contributed by atoms with Gasteiger partial charge in [0.05, 0.1) is 6.61 Å². The smallest absolute Gasteiger partial charge is 0.387 e. The van der Waals surface area contributed by atoms with Gasteiger partial charge in [0.15, 0.2) is 17.5 Å². The summed E-state index contributed by atoms with van der Waals surface area (Å²) in [5.74, 6) is 0.410. The van der Waals surface area contributed by atoms with Crippen LogP contribution in [0.5, 0.6) is 11.5 Å². The second kappa shape index (κ2) is 10.3. The molecule has 8 heteroatoms. The Hall–Kier alpha value is -2.90. The molecule has 0 aliphatic heterocycles. The van der Waals surface area contributed by atoms with E-state index < -0.39 is 6.61 Å². The number of benzene rings is 2. The van der Waals surface area contributed by atoms with Crippen molar-refractivity contribution in [3.8, 4) is 11.5 Å². The maximum Gasteiger partial charge on any atom is 0.387 e. The van der Waals surface area contributed by atoms with Gasteiger partial charge < -0.3 is 20.1 Å². The Morgan fingerprint density at radius 1 is 1.07 bits per heavy atom. The number of para-hydroxylation sites is 1. The van der Waals surface area contributed by atoms with Gasteiger partial charge in [-0.15, -0.1) is 0 Å². The third-order valence-electron chi connectivity index (χ3n) is 3.61. The monoisotopic (exact) mass is 381 g/mol. The molecule has 0 aliphatic rings. The Kier molecular flexibility index (Phi) is 7.79. The van der Waals surface area contributed by atoms with Crippen LogP contribution >= 0.6 is 0 Å². The van der Waals surface area contributed by atoms with Gasteiger partial charge in [-0.3, -0.25) is 4.99 Å². The molecule has 146 valence electrons. The molecule has 2 rings (SSSR count). The highest BCUT2D eigenvalue weighted by molar-refractivity contribution is 5.79. The number of halogens is 3. The number of rotatable bonds is 8. The summed E-state index contributed by atoms with van der Waals surface area (Å²) in [7, 11) is 1.59. The Bertz CT molecular complexity index is 752. The summed E-state index contributed by atoms with van der Waals surface area (Å²) in [5.41, 5.74) is 1.38. The SMILES string of the molecule is CCOc1cccc(CNC(=NC)NCc2ccc(F)cc2)c1OC(F)F. The van der Waals surface area contributed by atoms with Crippen LogP contribution in [0.3, 0.4) is 0 Å². The van der Waals surface area contributed by atoms with Crippen LogP contribution < -0.4 is 20.1 Å². The van der Waals surface area contributed by atoms with Gasteiger partial charge in [-0.05, 0) is 30.7 Å². The lowest BCUT2D eigenvalue weighted by atomic mass is 10.2. The Balaban J connectivity index is 2.02. The zero-order valence-electron chi connectivity index (χ0n) is 15.1. The van der Waals surface area contributed by atoms with Gasteiger partial charge in [0, 0.05) is 25.7 Å². The Morgan fingerprint density at radius 3 is 2.41 bits per heavy atom. The fourth-order valence-corrected chi connectivity index (χ4v) is 2.38. The molecule has 0 spiro atoms. The minimum Gasteiger partial charge on any atom is -0.490 e. The van der Waals surface area contributed by atoms with Crippen molar-refractivity contribution in [2.75, 3.05) is 13.7 Å². The van der Waals surface area contributed by atoms with Crippen molar-refractivity contribution in [1.82, 2.24) is 10.6 Å². The molecule has 0 radical (unpaired) electrons. The Labute approximate surface area is 156 Å². The fraction of sp³-hybridized carbons (Fsp3) is 0.316. The molecule has 27 heavy (non-hydrogen) atoms. The number of nitrogens with zero attached hydrogens (tertiary/aromatic N) is 1. The number of ether oxygens (including phenoxy) is 2. The van der Waals surface area contributed by atoms with Crippen molar-refractivity contribution in [2.45, 2.75) is 26.6 Å². The first-order valence-electron chi connectivity index (χ1n) is 8.42. The number of nitrogens with one attached hydrogen (secondary N) is 2. The lowest BCUT2D eigenvalue weighted by Gasteiger charge is -2.17. The molecule has 0 unspecified atom stereocenters. The lowest BCUT2D eigenvalue weighted by Crippen LogP contribution is -2.36. The summed E-state index contributed by atoms with van der Waals surface area (Å²) in [4.78, 5) is 4.09. The van der Waals surface area contributed by atoms with Crippen LogP contribution in [0.2, 0.25) is 0 Å². The zero-order valence-corrected chi connectivity index (χ0v) is 15.1. The molecule has 2 aromatic carbocycles. The molecular formula is C19H22F3N3O2. The van der Waals surface area contributed by atoms with E-state index >= 15 is 0 Å². The highest BCUT2D eigenvalue weighted by atomic mass is 19.3. The van der Waals surface area contributed by atoms with Crippen LogP contribution in [0, 0.1) is 5.82 Å². The number of hydrogen-bond acceptors (Lipinski definition) is 3. The number of alkyl halides is 2. The van der Waals surface area contributed by atoms with Crippen molar-refractivity contribution >= 4 is 5.96 Å². The minimum absolute atomic E-state index is 0.00385. The van der Waals surface area contributed by atoms with Crippen molar-refractivity contribution in [1.29, 1.82) is 0 Å². The maximum absolute atomic E-state index is 12.9. The average Bonchev–Trinajstić information content (AvgIpc) is 2.65. The predicted octanol–water partition coefficient (Wildman–Crippen LogP) is 3.69. The third-order valence-corrected chi connectivity index (χ3v) is 3.61. The van der Waals surface area contributed by atoms with E-state index in [2.05, 4.69) is 20.4 Å². The van der Waals surface area contributed by atoms with Crippen LogP contribution in [-0.4, -0.2) is 26.2 Å². The van der Waals surface area contributed by atoms with Crippen molar-refractivity contribution in [3.63, 3.8) is 0 Å². The van der Waals surface area contributed by atoms with E-state index in [1.165, 1.54) is 12.1 Å². The van der Waals surface area contributed by atoms with Gasteiger partial charge in [0.1, 0.15) is 5.82 Å². The van der Waals surface area contributed by atoms with Crippen LogP contribution in [0.1, 0.15) is 18.1 Å². The first-order valence-corrected chi connectivity index (χ1v) is 8.42. The topological polar surface area (TPSA) is 54.9 Å².